The number of tetrazole rings is 1. The molecule has 0 unspecified atom stereocenters. The summed E-state index contributed by atoms with van der Waals surface area (Å²) in [6.45, 7) is -0.479. The maximum absolute atomic E-state index is 13.7. The van der Waals surface area contributed by atoms with Gasteiger partial charge in [-0.1, -0.05) is 24.3 Å². The summed E-state index contributed by atoms with van der Waals surface area (Å²) in [6.07, 6.45) is -4.60. The van der Waals surface area contributed by atoms with Gasteiger partial charge in [0.1, 0.15) is 12.4 Å². The topological polar surface area (TPSA) is 72.7 Å². The predicted octanol–water partition coefficient (Wildman–Crippen LogP) is 3.14. The Morgan fingerprint density at radius 3 is 2.50 bits per heavy atom. The number of carbonyl (C=O) groups excluding carboxylic acids is 1. The predicted molar refractivity (Wildman–Crippen MR) is 83.3 cm³/mol. The van der Waals surface area contributed by atoms with Gasteiger partial charge in [0.15, 0.2) is 0 Å². The number of hydrogen-bond acceptors (Lipinski definition) is 4. The smallest absolute Gasteiger partial charge is 0.324 e. The fourth-order valence-corrected chi connectivity index (χ4v) is 2.22. The number of carbonyl (C=O) groups is 1. The number of nitrogens with zero attached hydrogens (tertiary/aromatic N) is 4. The molecule has 1 amide bonds. The lowest BCUT2D eigenvalue weighted by Crippen LogP contribution is -2.22. The molecular formula is C16H11F4N5O. The fraction of sp³-hybridized carbons (Fsp3) is 0.125. The number of aromatic nitrogens is 4. The number of halogens is 4. The number of anilines is 1. The number of benzene rings is 2. The molecule has 26 heavy (non-hydrogen) atoms. The van der Waals surface area contributed by atoms with E-state index in [0.29, 0.717) is 0 Å². The van der Waals surface area contributed by atoms with Crippen molar-refractivity contribution < 1.29 is 22.4 Å². The summed E-state index contributed by atoms with van der Waals surface area (Å²) in [5, 5.41) is 13.3. The van der Waals surface area contributed by atoms with Crippen molar-refractivity contribution in [2.75, 3.05) is 5.32 Å². The highest BCUT2D eigenvalue weighted by Gasteiger charge is 2.33. The Hall–Kier alpha value is -3.30. The molecule has 1 heterocycles. The Morgan fingerprint density at radius 2 is 1.77 bits per heavy atom. The van der Waals surface area contributed by atoms with E-state index in [0.717, 1.165) is 16.9 Å². The molecule has 1 aromatic heterocycles. The minimum Gasteiger partial charge on any atom is -0.324 e. The van der Waals surface area contributed by atoms with Gasteiger partial charge < -0.3 is 5.32 Å². The Kier molecular flexibility index (Phi) is 4.65. The molecule has 0 spiro atoms. The van der Waals surface area contributed by atoms with Crippen LogP contribution in [0.1, 0.15) is 5.56 Å². The average Bonchev–Trinajstić information content (AvgIpc) is 3.03. The minimum atomic E-state index is -4.60. The molecule has 0 bridgehead atoms. The second-order valence-corrected chi connectivity index (χ2v) is 5.21. The number of nitrogens with one attached hydrogen (secondary N) is 1. The molecule has 10 heteroatoms. The summed E-state index contributed by atoms with van der Waals surface area (Å²) < 4.78 is 52.5. The van der Waals surface area contributed by atoms with Crippen molar-refractivity contribution in [3.8, 4) is 11.4 Å². The van der Waals surface area contributed by atoms with Crippen LogP contribution in [0.5, 0.6) is 0 Å². The molecule has 0 fully saturated rings. The molecule has 3 aromatic rings. The van der Waals surface area contributed by atoms with Gasteiger partial charge in [0.25, 0.3) is 0 Å². The largest absolute Gasteiger partial charge is 0.418 e. The van der Waals surface area contributed by atoms with E-state index in [9.17, 15) is 22.4 Å². The summed E-state index contributed by atoms with van der Waals surface area (Å²) in [6, 6.07) is 10.3. The first kappa shape index (κ1) is 17.5. The second-order valence-electron chi connectivity index (χ2n) is 5.21. The number of amides is 1. The summed E-state index contributed by atoms with van der Waals surface area (Å²) in [5.74, 6) is -1.37. The van der Waals surface area contributed by atoms with E-state index in [-0.39, 0.29) is 17.1 Å². The van der Waals surface area contributed by atoms with Crippen molar-refractivity contribution in [1.82, 2.24) is 20.2 Å². The molecule has 0 aliphatic heterocycles. The molecule has 0 aliphatic rings. The minimum absolute atomic E-state index is 0.0356. The van der Waals surface area contributed by atoms with Crippen molar-refractivity contribution >= 4 is 11.6 Å². The summed E-state index contributed by atoms with van der Waals surface area (Å²) >= 11 is 0. The number of alkyl halides is 3. The molecule has 0 atom stereocenters. The number of hydrogen-bond donors (Lipinski definition) is 1. The van der Waals surface area contributed by atoms with Gasteiger partial charge in [-0.3, -0.25) is 4.79 Å². The first-order chi connectivity index (χ1) is 12.3. The second kappa shape index (κ2) is 6.90. The van der Waals surface area contributed by atoms with Crippen LogP contribution in [0.2, 0.25) is 0 Å². The van der Waals surface area contributed by atoms with Crippen LogP contribution in [-0.2, 0) is 17.5 Å². The highest BCUT2D eigenvalue weighted by Crippen LogP contribution is 2.34. The van der Waals surface area contributed by atoms with Gasteiger partial charge in [-0.15, -0.1) is 10.2 Å². The molecular weight excluding hydrogens is 354 g/mol. The third-order valence-corrected chi connectivity index (χ3v) is 3.36. The molecule has 1 N–H and O–H groups in total. The van der Waals surface area contributed by atoms with E-state index in [2.05, 4.69) is 20.7 Å². The molecule has 0 radical (unpaired) electrons. The average molecular weight is 365 g/mol. The first-order valence-electron chi connectivity index (χ1n) is 7.33. The first-order valence-corrected chi connectivity index (χ1v) is 7.33. The molecule has 2 aromatic carbocycles. The van der Waals surface area contributed by atoms with E-state index in [1.165, 1.54) is 30.3 Å². The van der Waals surface area contributed by atoms with Crippen LogP contribution in [0.4, 0.5) is 23.2 Å². The standard InChI is InChI=1S/C16H11F4N5O/c17-12-7-3-1-5-10(12)15-22-24-25(23-15)9-14(26)21-13-8-4-2-6-11(13)16(18,19)20/h1-8H,9H2,(H,21,26). The Bertz CT molecular complexity index is 938. The van der Waals surface area contributed by atoms with Crippen LogP contribution >= 0.6 is 0 Å². The van der Waals surface area contributed by atoms with Crippen LogP contribution in [0.3, 0.4) is 0 Å². The van der Waals surface area contributed by atoms with Crippen molar-refractivity contribution in [2.24, 2.45) is 0 Å². The van der Waals surface area contributed by atoms with Crippen LogP contribution in [-0.4, -0.2) is 26.1 Å². The van der Waals surface area contributed by atoms with Gasteiger partial charge in [0.05, 0.1) is 16.8 Å². The lowest BCUT2D eigenvalue weighted by molar-refractivity contribution is -0.137. The zero-order valence-corrected chi connectivity index (χ0v) is 13.0. The van der Waals surface area contributed by atoms with E-state index in [1.807, 2.05) is 0 Å². The molecule has 0 aliphatic carbocycles. The van der Waals surface area contributed by atoms with Crippen LogP contribution in [0.25, 0.3) is 11.4 Å². The quantitative estimate of drug-likeness (QED) is 0.721. The molecule has 3 rings (SSSR count). The third kappa shape index (κ3) is 3.85. The van der Waals surface area contributed by atoms with E-state index >= 15 is 0 Å². The third-order valence-electron chi connectivity index (χ3n) is 3.36. The van der Waals surface area contributed by atoms with Gasteiger partial charge in [-0.2, -0.15) is 18.0 Å². The Labute approximate surface area is 144 Å². The van der Waals surface area contributed by atoms with Crippen LogP contribution in [0, 0.1) is 5.82 Å². The van der Waals surface area contributed by atoms with E-state index in [1.54, 1.807) is 6.07 Å². The summed E-state index contributed by atoms with van der Waals surface area (Å²) in [7, 11) is 0. The Morgan fingerprint density at radius 1 is 1.08 bits per heavy atom. The maximum atomic E-state index is 13.7. The molecule has 0 saturated heterocycles. The number of para-hydroxylation sites is 1. The van der Waals surface area contributed by atoms with Gasteiger partial charge in [0.2, 0.25) is 11.7 Å². The number of rotatable bonds is 4. The van der Waals surface area contributed by atoms with Gasteiger partial charge in [-0.05, 0) is 29.5 Å². The van der Waals surface area contributed by atoms with Crippen molar-refractivity contribution in [3.05, 3.63) is 59.9 Å². The lowest BCUT2D eigenvalue weighted by atomic mass is 10.1. The van der Waals surface area contributed by atoms with Crippen LogP contribution < -0.4 is 5.32 Å². The SMILES string of the molecule is O=C(Cn1nnc(-c2ccccc2F)n1)Nc1ccccc1C(F)(F)F. The fourth-order valence-electron chi connectivity index (χ4n) is 2.22. The normalized spacial score (nSPS) is 11.4. The van der Waals surface area contributed by atoms with Crippen molar-refractivity contribution in [2.45, 2.75) is 12.7 Å². The molecule has 134 valence electrons. The van der Waals surface area contributed by atoms with Gasteiger partial charge in [0, 0.05) is 0 Å². The summed E-state index contributed by atoms with van der Waals surface area (Å²) in [4.78, 5) is 12.9. The van der Waals surface area contributed by atoms with E-state index in [4.69, 9.17) is 0 Å². The highest BCUT2D eigenvalue weighted by atomic mass is 19.4. The van der Waals surface area contributed by atoms with Crippen molar-refractivity contribution in [3.63, 3.8) is 0 Å². The van der Waals surface area contributed by atoms with Crippen molar-refractivity contribution in [1.29, 1.82) is 0 Å². The van der Waals surface area contributed by atoms with Gasteiger partial charge >= 0.3 is 6.18 Å². The summed E-state index contributed by atoms with van der Waals surface area (Å²) in [5.41, 5.74) is -1.24. The monoisotopic (exact) mass is 365 g/mol. The maximum Gasteiger partial charge on any atom is 0.418 e. The highest BCUT2D eigenvalue weighted by molar-refractivity contribution is 5.91. The molecule has 0 saturated carbocycles. The Balaban J connectivity index is 1.74. The lowest BCUT2D eigenvalue weighted by Gasteiger charge is -2.13. The van der Waals surface area contributed by atoms with E-state index < -0.39 is 30.0 Å². The van der Waals surface area contributed by atoms with Crippen LogP contribution in [0.15, 0.2) is 48.5 Å². The molecule has 6 nitrogen and oxygen atoms in total. The zero-order valence-electron chi connectivity index (χ0n) is 13.0. The zero-order chi connectivity index (χ0) is 18.7. The van der Waals surface area contributed by atoms with Gasteiger partial charge in [-0.25, -0.2) is 4.39 Å².